The highest BCUT2D eigenvalue weighted by molar-refractivity contribution is 9.10. The Morgan fingerprint density at radius 3 is 2.74 bits per heavy atom. The third-order valence-electron chi connectivity index (χ3n) is 2.72. The van der Waals surface area contributed by atoms with Gasteiger partial charge in [0, 0.05) is 23.1 Å². The second-order valence-electron chi connectivity index (χ2n) is 4.11. The molecule has 1 N–H and O–H groups in total. The Kier molecular flexibility index (Phi) is 5.30. The topological polar surface area (TPSA) is 47.0 Å². The summed E-state index contributed by atoms with van der Waals surface area (Å²) in [5.74, 6) is 0.723. The molecule has 1 unspecified atom stereocenters. The van der Waals surface area contributed by atoms with Gasteiger partial charge in [-0.2, -0.15) is 4.37 Å². The molecule has 102 valence electrons. The van der Waals surface area contributed by atoms with Crippen LogP contribution in [0.15, 0.2) is 28.7 Å². The zero-order valence-electron chi connectivity index (χ0n) is 10.9. The number of anilines is 1. The molecule has 0 aliphatic carbocycles. The lowest BCUT2D eigenvalue weighted by atomic mass is 10.1. The van der Waals surface area contributed by atoms with Crippen molar-refractivity contribution in [3.8, 4) is 0 Å². The fraction of sp³-hybridized carbons (Fsp3) is 0.385. The molecule has 0 radical (unpaired) electrons. The number of aromatic nitrogens is 2. The van der Waals surface area contributed by atoms with E-state index in [2.05, 4.69) is 61.8 Å². The number of methoxy groups -OCH3 is 1. The van der Waals surface area contributed by atoms with Gasteiger partial charge in [-0.25, -0.2) is 4.98 Å². The van der Waals surface area contributed by atoms with E-state index < -0.39 is 0 Å². The maximum Gasteiger partial charge on any atom is 0.203 e. The van der Waals surface area contributed by atoms with Gasteiger partial charge < -0.3 is 10.1 Å². The number of benzene rings is 1. The first kappa shape index (κ1) is 14.4. The molecule has 0 amide bonds. The Morgan fingerprint density at radius 1 is 1.37 bits per heavy atom. The zero-order chi connectivity index (χ0) is 13.7. The van der Waals surface area contributed by atoms with Crippen LogP contribution in [0.5, 0.6) is 0 Å². The number of nitrogens with zero attached hydrogens (tertiary/aromatic N) is 2. The Hall–Kier alpha value is -0.980. The molecule has 1 heterocycles. The minimum Gasteiger partial charge on any atom is -0.377 e. The van der Waals surface area contributed by atoms with Crippen LogP contribution in [0.3, 0.4) is 0 Å². The smallest absolute Gasteiger partial charge is 0.203 e. The van der Waals surface area contributed by atoms with E-state index in [1.165, 1.54) is 17.1 Å². The van der Waals surface area contributed by atoms with Crippen molar-refractivity contribution in [3.05, 3.63) is 40.1 Å². The van der Waals surface area contributed by atoms with Crippen LogP contribution in [0, 0.1) is 0 Å². The van der Waals surface area contributed by atoms with Gasteiger partial charge in [-0.15, -0.1) is 0 Å². The number of nitrogens with one attached hydrogen (secondary N) is 1. The van der Waals surface area contributed by atoms with E-state index in [4.69, 9.17) is 4.74 Å². The normalized spacial score (nSPS) is 12.4. The molecule has 0 saturated carbocycles. The molecule has 0 fully saturated rings. The molecule has 19 heavy (non-hydrogen) atoms. The van der Waals surface area contributed by atoms with Crippen LogP contribution in [-0.2, 0) is 11.3 Å². The maximum absolute atomic E-state index is 5.02. The van der Waals surface area contributed by atoms with Gasteiger partial charge in [-0.3, -0.25) is 0 Å². The average Bonchev–Trinajstić information content (AvgIpc) is 2.85. The summed E-state index contributed by atoms with van der Waals surface area (Å²) in [5, 5.41) is 4.25. The number of rotatable bonds is 6. The number of hydrogen-bond donors (Lipinski definition) is 1. The Balaban J connectivity index is 2.07. The molecule has 0 bridgehead atoms. The lowest BCUT2D eigenvalue weighted by Gasteiger charge is -2.16. The van der Waals surface area contributed by atoms with Gasteiger partial charge in [-0.05, 0) is 24.1 Å². The van der Waals surface area contributed by atoms with E-state index in [0.717, 1.165) is 21.8 Å². The van der Waals surface area contributed by atoms with E-state index in [9.17, 15) is 0 Å². The van der Waals surface area contributed by atoms with Gasteiger partial charge in [0.25, 0.3) is 0 Å². The summed E-state index contributed by atoms with van der Waals surface area (Å²) in [6, 6.07) is 8.58. The lowest BCUT2D eigenvalue weighted by molar-refractivity contribution is 0.179. The van der Waals surface area contributed by atoms with Crippen LogP contribution >= 0.6 is 27.5 Å². The van der Waals surface area contributed by atoms with Gasteiger partial charge >= 0.3 is 0 Å². The molecule has 6 heteroatoms. The van der Waals surface area contributed by atoms with Crippen LogP contribution in [-0.4, -0.2) is 16.5 Å². The van der Waals surface area contributed by atoms with E-state index >= 15 is 0 Å². The quantitative estimate of drug-likeness (QED) is 0.862. The molecule has 2 rings (SSSR count). The van der Waals surface area contributed by atoms with Crippen molar-refractivity contribution < 1.29 is 4.74 Å². The van der Waals surface area contributed by atoms with Gasteiger partial charge in [0.2, 0.25) is 5.13 Å². The largest absolute Gasteiger partial charge is 0.377 e. The van der Waals surface area contributed by atoms with Crippen LogP contribution < -0.4 is 5.32 Å². The molecular formula is C13H16BrN3OS. The molecule has 4 nitrogen and oxygen atoms in total. The highest BCUT2D eigenvalue weighted by Crippen LogP contribution is 2.25. The molecule has 1 aromatic heterocycles. The summed E-state index contributed by atoms with van der Waals surface area (Å²) in [4.78, 5) is 4.39. The average molecular weight is 342 g/mol. The number of halogens is 1. The van der Waals surface area contributed by atoms with Crippen molar-refractivity contribution in [2.75, 3.05) is 12.4 Å². The van der Waals surface area contributed by atoms with Crippen LogP contribution in [0.2, 0.25) is 0 Å². The summed E-state index contributed by atoms with van der Waals surface area (Å²) in [5.41, 5.74) is 1.24. The van der Waals surface area contributed by atoms with Gasteiger partial charge in [0.05, 0.1) is 6.04 Å². The summed E-state index contributed by atoms with van der Waals surface area (Å²) in [6.07, 6.45) is 0.987. The number of hydrogen-bond acceptors (Lipinski definition) is 5. The highest BCUT2D eigenvalue weighted by atomic mass is 79.9. The summed E-state index contributed by atoms with van der Waals surface area (Å²) < 4.78 is 10.3. The van der Waals surface area contributed by atoms with Gasteiger partial charge in [0.15, 0.2) is 5.82 Å². The first-order chi connectivity index (χ1) is 9.22. The van der Waals surface area contributed by atoms with Crippen molar-refractivity contribution in [2.24, 2.45) is 0 Å². The summed E-state index contributed by atoms with van der Waals surface area (Å²) in [6.45, 7) is 2.60. The van der Waals surface area contributed by atoms with Crippen LogP contribution in [0.1, 0.15) is 30.8 Å². The highest BCUT2D eigenvalue weighted by Gasteiger charge is 2.12. The molecule has 1 atom stereocenters. The fourth-order valence-corrected chi connectivity index (χ4v) is 2.66. The molecular weight excluding hydrogens is 326 g/mol. The van der Waals surface area contributed by atoms with Crippen molar-refractivity contribution in [3.63, 3.8) is 0 Å². The van der Waals surface area contributed by atoms with Crippen molar-refractivity contribution in [1.29, 1.82) is 0 Å². The Bertz CT molecular complexity index is 515. The minimum atomic E-state index is 0.247. The van der Waals surface area contributed by atoms with Crippen molar-refractivity contribution >= 4 is 32.6 Å². The molecule has 0 aliphatic rings. The molecule has 2 aromatic rings. The third kappa shape index (κ3) is 3.99. The van der Waals surface area contributed by atoms with Crippen LogP contribution in [0.4, 0.5) is 5.13 Å². The van der Waals surface area contributed by atoms with Crippen molar-refractivity contribution in [2.45, 2.75) is 26.0 Å². The third-order valence-corrected chi connectivity index (χ3v) is 3.93. The summed E-state index contributed by atoms with van der Waals surface area (Å²) >= 11 is 4.82. The molecule has 1 aromatic carbocycles. The maximum atomic E-state index is 5.02. The first-order valence-corrected chi connectivity index (χ1v) is 7.63. The second kappa shape index (κ2) is 6.98. The molecule has 0 spiro atoms. The van der Waals surface area contributed by atoms with Crippen molar-refractivity contribution in [1.82, 2.24) is 9.36 Å². The predicted molar refractivity (Wildman–Crippen MR) is 81.4 cm³/mol. The first-order valence-electron chi connectivity index (χ1n) is 6.06. The van der Waals surface area contributed by atoms with Gasteiger partial charge in [0.1, 0.15) is 6.61 Å². The van der Waals surface area contributed by atoms with Gasteiger partial charge in [-0.1, -0.05) is 35.0 Å². The van der Waals surface area contributed by atoms with E-state index in [-0.39, 0.29) is 6.04 Å². The summed E-state index contributed by atoms with van der Waals surface area (Å²) in [7, 11) is 1.64. The standard InChI is InChI=1S/C13H16BrN3OS/c1-3-11(9-4-6-10(14)7-5-9)15-13-16-12(8-18-2)17-19-13/h4-7,11H,3,8H2,1-2H3,(H,15,16,17). The van der Waals surface area contributed by atoms with E-state index in [1.807, 2.05) is 0 Å². The second-order valence-corrected chi connectivity index (χ2v) is 5.77. The zero-order valence-corrected chi connectivity index (χ0v) is 13.3. The molecule has 0 aliphatic heterocycles. The van der Waals surface area contributed by atoms with E-state index in [1.54, 1.807) is 7.11 Å². The lowest BCUT2D eigenvalue weighted by Crippen LogP contribution is -2.09. The minimum absolute atomic E-state index is 0.247. The monoisotopic (exact) mass is 341 g/mol. The van der Waals surface area contributed by atoms with Crippen LogP contribution in [0.25, 0.3) is 0 Å². The SMILES string of the molecule is CCC(Nc1nc(COC)ns1)c1ccc(Br)cc1. The predicted octanol–water partition coefficient (Wildman–Crippen LogP) is 4.01. The fourth-order valence-electron chi connectivity index (χ4n) is 1.77. The van der Waals surface area contributed by atoms with E-state index in [0.29, 0.717) is 6.61 Å². The Morgan fingerprint density at radius 2 is 2.11 bits per heavy atom. The Labute approximate surface area is 125 Å². The number of ether oxygens (including phenoxy) is 1. The molecule has 0 saturated heterocycles.